The number of nitrogens with zero attached hydrogens (tertiary/aromatic N) is 3. The molecule has 0 amide bonds. The summed E-state index contributed by atoms with van der Waals surface area (Å²) >= 11 is 0. The van der Waals surface area contributed by atoms with Crippen molar-refractivity contribution >= 4 is 0 Å². The number of aromatic nitrogens is 3. The van der Waals surface area contributed by atoms with Crippen LogP contribution in [-0.4, -0.2) is 21.6 Å². The lowest BCUT2D eigenvalue weighted by Crippen LogP contribution is -2.18. The molecule has 0 aliphatic rings. The van der Waals surface area contributed by atoms with Gasteiger partial charge in [0, 0.05) is 25.5 Å². The minimum Gasteiger partial charge on any atom is -0.478 e. The summed E-state index contributed by atoms with van der Waals surface area (Å²) < 4.78 is 11.8. The molecule has 0 aromatic carbocycles. The Labute approximate surface area is 97.5 Å². The average Bonchev–Trinajstić information content (AvgIpc) is 2.34. The van der Waals surface area contributed by atoms with Crippen molar-refractivity contribution in [3.8, 4) is 17.5 Å². The highest BCUT2D eigenvalue weighted by Gasteiger charge is 2.07. The first kappa shape index (κ1) is 11.1. The van der Waals surface area contributed by atoms with Crippen molar-refractivity contribution in [3.05, 3.63) is 41.1 Å². The number of methoxy groups -OCH3 is 1. The van der Waals surface area contributed by atoms with Crippen LogP contribution in [-0.2, 0) is 7.05 Å². The first-order valence-electron chi connectivity index (χ1n) is 4.91. The molecule has 17 heavy (non-hydrogen) atoms. The van der Waals surface area contributed by atoms with E-state index in [0.29, 0.717) is 11.6 Å². The van der Waals surface area contributed by atoms with Crippen molar-refractivity contribution in [2.75, 3.05) is 7.11 Å². The van der Waals surface area contributed by atoms with E-state index in [1.54, 1.807) is 37.6 Å². The van der Waals surface area contributed by atoms with Crippen LogP contribution in [0, 0.1) is 0 Å². The van der Waals surface area contributed by atoms with Gasteiger partial charge in [-0.15, -0.1) is 0 Å². The number of ether oxygens (including phenoxy) is 2. The van der Waals surface area contributed by atoms with Crippen LogP contribution in [0.15, 0.2) is 35.4 Å². The predicted octanol–water partition coefficient (Wildman–Crippen LogP) is 0.976. The Morgan fingerprint density at radius 3 is 2.88 bits per heavy atom. The lowest BCUT2D eigenvalue weighted by Gasteiger charge is -2.07. The summed E-state index contributed by atoms with van der Waals surface area (Å²) in [5.74, 6) is 0.963. The molecule has 0 atom stereocenters. The van der Waals surface area contributed by atoms with Gasteiger partial charge in [0.2, 0.25) is 5.88 Å². The van der Waals surface area contributed by atoms with Gasteiger partial charge in [0.05, 0.1) is 7.11 Å². The zero-order chi connectivity index (χ0) is 12.3. The SMILES string of the molecule is COc1ncccc1Oc1ccn(C)c(=O)n1. The minimum atomic E-state index is -0.384. The van der Waals surface area contributed by atoms with Crippen LogP contribution in [0.25, 0.3) is 0 Å². The van der Waals surface area contributed by atoms with Gasteiger partial charge in [-0.1, -0.05) is 0 Å². The fourth-order valence-corrected chi connectivity index (χ4v) is 1.23. The van der Waals surface area contributed by atoms with Crippen molar-refractivity contribution < 1.29 is 9.47 Å². The number of rotatable bonds is 3. The van der Waals surface area contributed by atoms with E-state index < -0.39 is 0 Å². The Bertz CT molecular complexity index is 580. The Hall–Kier alpha value is -2.37. The smallest absolute Gasteiger partial charge is 0.350 e. The summed E-state index contributed by atoms with van der Waals surface area (Å²) in [6.07, 6.45) is 3.16. The summed E-state index contributed by atoms with van der Waals surface area (Å²) in [6.45, 7) is 0. The van der Waals surface area contributed by atoms with Crippen LogP contribution in [0.2, 0.25) is 0 Å². The topological polar surface area (TPSA) is 66.2 Å². The molecule has 0 N–H and O–H groups in total. The molecule has 0 aliphatic carbocycles. The molecule has 6 nitrogen and oxygen atoms in total. The van der Waals surface area contributed by atoms with Gasteiger partial charge in [0.1, 0.15) is 0 Å². The summed E-state index contributed by atoms with van der Waals surface area (Å²) in [5.41, 5.74) is -0.384. The zero-order valence-corrected chi connectivity index (χ0v) is 9.45. The molecule has 0 saturated carbocycles. The lowest BCUT2D eigenvalue weighted by molar-refractivity contribution is 0.358. The highest BCUT2D eigenvalue weighted by Crippen LogP contribution is 2.26. The molecule has 2 heterocycles. The van der Waals surface area contributed by atoms with Gasteiger partial charge in [-0.25, -0.2) is 9.78 Å². The molecule has 0 bridgehead atoms. The summed E-state index contributed by atoms with van der Waals surface area (Å²) in [7, 11) is 3.11. The number of hydrogen-bond acceptors (Lipinski definition) is 5. The second kappa shape index (κ2) is 4.65. The maximum absolute atomic E-state index is 11.3. The van der Waals surface area contributed by atoms with Crippen LogP contribution in [0.5, 0.6) is 17.5 Å². The lowest BCUT2D eigenvalue weighted by atomic mass is 10.4. The quantitative estimate of drug-likeness (QED) is 0.790. The van der Waals surface area contributed by atoms with Gasteiger partial charge in [-0.2, -0.15) is 4.98 Å². The van der Waals surface area contributed by atoms with E-state index in [1.165, 1.54) is 11.7 Å². The van der Waals surface area contributed by atoms with E-state index in [0.717, 1.165) is 0 Å². The Morgan fingerprint density at radius 2 is 2.18 bits per heavy atom. The van der Waals surface area contributed by atoms with Crippen molar-refractivity contribution in [3.63, 3.8) is 0 Å². The molecular weight excluding hydrogens is 222 g/mol. The summed E-state index contributed by atoms with van der Waals surface area (Å²) in [5, 5.41) is 0. The third-order valence-electron chi connectivity index (χ3n) is 2.09. The van der Waals surface area contributed by atoms with E-state index in [-0.39, 0.29) is 11.6 Å². The minimum absolute atomic E-state index is 0.208. The molecule has 0 unspecified atom stereocenters. The molecule has 0 aliphatic heterocycles. The largest absolute Gasteiger partial charge is 0.478 e. The fraction of sp³-hybridized carbons (Fsp3) is 0.182. The van der Waals surface area contributed by atoms with Crippen LogP contribution < -0.4 is 15.2 Å². The maximum Gasteiger partial charge on any atom is 0.350 e. The Kier molecular flexibility index (Phi) is 3.04. The second-order valence-electron chi connectivity index (χ2n) is 3.27. The average molecular weight is 233 g/mol. The van der Waals surface area contributed by atoms with E-state index in [9.17, 15) is 4.79 Å². The standard InChI is InChI=1S/C11H11N3O3/c1-14-7-5-9(13-11(14)15)17-8-4-3-6-12-10(8)16-2/h3-7H,1-2H3. The van der Waals surface area contributed by atoms with Gasteiger partial charge in [-0.3, -0.25) is 0 Å². The van der Waals surface area contributed by atoms with Crippen molar-refractivity contribution in [2.45, 2.75) is 0 Å². The monoisotopic (exact) mass is 233 g/mol. The molecule has 0 fully saturated rings. The molecule has 6 heteroatoms. The van der Waals surface area contributed by atoms with Crippen LogP contribution >= 0.6 is 0 Å². The van der Waals surface area contributed by atoms with Gasteiger partial charge in [0.25, 0.3) is 5.88 Å². The highest BCUT2D eigenvalue weighted by molar-refractivity contribution is 5.35. The zero-order valence-electron chi connectivity index (χ0n) is 9.45. The predicted molar refractivity (Wildman–Crippen MR) is 60.3 cm³/mol. The molecule has 2 rings (SSSR count). The summed E-state index contributed by atoms with van der Waals surface area (Å²) in [6, 6.07) is 4.98. The summed E-state index contributed by atoms with van der Waals surface area (Å²) in [4.78, 5) is 19.0. The first-order valence-corrected chi connectivity index (χ1v) is 4.91. The molecule has 2 aromatic heterocycles. The maximum atomic E-state index is 11.3. The van der Waals surface area contributed by atoms with Gasteiger partial charge in [0.15, 0.2) is 5.75 Å². The van der Waals surface area contributed by atoms with E-state index in [1.807, 2.05) is 0 Å². The van der Waals surface area contributed by atoms with Crippen molar-refractivity contribution in [1.29, 1.82) is 0 Å². The van der Waals surface area contributed by atoms with Crippen LogP contribution in [0.1, 0.15) is 0 Å². The van der Waals surface area contributed by atoms with Gasteiger partial charge in [-0.05, 0) is 12.1 Å². The van der Waals surface area contributed by atoms with E-state index >= 15 is 0 Å². The fourth-order valence-electron chi connectivity index (χ4n) is 1.23. The number of aryl methyl sites for hydroxylation is 1. The molecule has 0 spiro atoms. The third-order valence-corrected chi connectivity index (χ3v) is 2.09. The first-order chi connectivity index (χ1) is 8.20. The Balaban J connectivity index is 2.31. The number of hydrogen-bond donors (Lipinski definition) is 0. The number of pyridine rings is 1. The van der Waals surface area contributed by atoms with E-state index in [4.69, 9.17) is 9.47 Å². The van der Waals surface area contributed by atoms with Crippen molar-refractivity contribution in [2.24, 2.45) is 7.05 Å². The van der Waals surface area contributed by atoms with Crippen LogP contribution in [0.3, 0.4) is 0 Å². The molecular formula is C11H11N3O3. The normalized spacial score (nSPS) is 10.0. The van der Waals surface area contributed by atoms with Gasteiger partial charge >= 0.3 is 5.69 Å². The Morgan fingerprint density at radius 1 is 1.35 bits per heavy atom. The van der Waals surface area contributed by atoms with E-state index in [2.05, 4.69) is 9.97 Å². The van der Waals surface area contributed by atoms with Crippen LogP contribution in [0.4, 0.5) is 0 Å². The highest BCUT2D eigenvalue weighted by atomic mass is 16.5. The third kappa shape index (κ3) is 2.41. The molecule has 0 saturated heterocycles. The molecule has 0 radical (unpaired) electrons. The second-order valence-corrected chi connectivity index (χ2v) is 3.27. The molecule has 88 valence electrons. The van der Waals surface area contributed by atoms with Gasteiger partial charge < -0.3 is 14.0 Å². The molecule has 2 aromatic rings. The van der Waals surface area contributed by atoms with Crippen molar-refractivity contribution in [1.82, 2.24) is 14.5 Å².